The molecule has 1 aliphatic heterocycles. The molecule has 1 N–H and O–H groups in total. The van der Waals surface area contributed by atoms with Crippen LogP contribution in [0.5, 0.6) is 0 Å². The van der Waals surface area contributed by atoms with Crippen molar-refractivity contribution in [3.63, 3.8) is 0 Å². The fraction of sp³-hybridized carbons (Fsp3) is 0.778. The Bertz CT molecular complexity index is 507. The molecule has 0 saturated carbocycles. The number of ether oxygens (including phenoxy) is 1. The van der Waals surface area contributed by atoms with Crippen molar-refractivity contribution in [2.45, 2.75) is 52.5 Å². The van der Waals surface area contributed by atoms with Crippen molar-refractivity contribution < 1.29 is 9.26 Å². The lowest BCUT2D eigenvalue weighted by atomic mass is 9.96. The summed E-state index contributed by atoms with van der Waals surface area (Å²) in [6.07, 6.45) is 3.54. The van der Waals surface area contributed by atoms with Crippen LogP contribution in [0.3, 0.4) is 0 Å². The molecule has 1 saturated heterocycles. The summed E-state index contributed by atoms with van der Waals surface area (Å²) in [7, 11) is 2.10. The van der Waals surface area contributed by atoms with Gasteiger partial charge in [-0.2, -0.15) is 0 Å². The predicted molar refractivity (Wildman–Crippen MR) is 96.2 cm³/mol. The molecule has 6 heteroatoms. The second kappa shape index (κ2) is 9.67. The fourth-order valence-electron chi connectivity index (χ4n) is 2.82. The topological polar surface area (TPSA) is 62.9 Å². The van der Waals surface area contributed by atoms with E-state index in [0.717, 1.165) is 49.6 Å². The van der Waals surface area contributed by atoms with Gasteiger partial charge in [-0.15, -0.1) is 0 Å². The molecule has 136 valence electrons. The number of rotatable bonds is 7. The summed E-state index contributed by atoms with van der Waals surface area (Å²) in [6.45, 7) is 10.5. The van der Waals surface area contributed by atoms with Crippen molar-refractivity contribution in [2.75, 3.05) is 33.4 Å². The van der Waals surface area contributed by atoms with Crippen molar-refractivity contribution in [1.82, 2.24) is 15.4 Å². The Kier molecular flexibility index (Phi) is 7.56. The Balaban J connectivity index is 1.88. The second-order valence-electron chi connectivity index (χ2n) is 6.81. The molecule has 6 nitrogen and oxygen atoms in total. The summed E-state index contributed by atoms with van der Waals surface area (Å²) < 4.78 is 10.8. The molecule has 2 rings (SSSR count). The van der Waals surface area contributed by atoms with Gasteiger partial charge in [-0.05, 0) is 38.0 Å². The molecule has 0 unspecified atom stereocenters. The summed E-state index contributed by atoms with van der Waals surface area (Å²) in [5.41, 5.74) is 0.984. The SMILES string of the molecule is CCNC(=NCc1cc(C(C)C)no1)N(C)CCC1CCOCC1. The van der Waals surface area contributed by atoms with Crippen molar-refractivity contribution in [2.24, 2.45) is 10.9 Å². The van der Waals surface area contributed by atoms with Crippen molar-refractivity contribution >= 4 is 5.96 Å². The molecule has 2 heterocycles. The average Bonchev–Trinajstić information content (AvgIpc) is 3.06. The fourth-order valence-corrected chi connectivity index (χ4v) is 2.82. The Morgan fingerprint density at radius 1 is 1.42 bits per heavy atom. The van der Waals surface area contributed by atoms with Crippen LogP contribution in [0.1, 0.15) is 57.4 Å². The normalized spacial score (nSPS) is 16.6. The molecule has 24 heavy (non-hydrogen) atoms. The van der Waals surface area contributed by atoms with Gasteiger partial charge in [-0.3, -0.25) is 0 Å². The molecule has 1 aromatic rings. The minimum absolute atomic E-state index is 0.377. The molecule has 0 radical (unpaired) electrons. The number of hydrogen-bond acceptors (Lipinski definition) is 4. The van der Waals surface area contributed by atoms with E-state index in [-0.39, 0.29) is 0 Å². The van der Waals surface area contributed by atoms with E-state index in [0.29, 0.717) is 12.5 Å². The number of hydrogen-bond donors (Lipinski definition) is 1. The van der Waals surface area contributed by atoms with Gasteiger partial charge in [-0.1, -0.05) is 19.0 Å². The van der Waals surface area contributed by atoms with Crippen LogP contribution in [0.2, 0.25) is 0 Å². The third kappa shape index (κ3) is 5.82. The molecule has 0 aliphatic carbocycles. The van der Waals surface area contributed by atoms with Crippen LogP contribution < -0.4 is 5.32 Å². The molecule has 0 amide bonds. The number of nitrogens with one attached hydrogen (secondary N) is 1. The third-order valence-electron chi connectivity index (χ3n) is 4.46. The molecular formula is C18H32N4O2. The van der Waals surface area contributed by atoms with Crippen molar-refractivity contribution in [3.05, 3.63) is 17.5 Å². The lowest BCUT2D eigenvalue weighted by molar-refractivity contribution is 0.0625. The van der Waals surface area contributed by atoms with Crippen LogP contribution in [-0.2, 0) is 11.3 Å². The molecule has 1 aliphatic rings. The largest absolute Gasteiger partial charge is 0.381 e. The molecule has 0 spiro atoms. The number of aromatic nitrogens is 1. The summed E-state index contributed by atoms with van der Waals surface area (Å²) in [4.78, 5) is 6.90. The predicted octanol–water partition coefficient (Wildman–Crippen LogP) is 3.01. The average molecular weight is 336 g/mol. The lowest BCUT2D eigenvalue weighted by Crippen LogP contribution is -2.40. The Morgan fingerprint density at radius 3 is 2.79 bits per heavy atom. The van der Waals surface area contributed by atoms with E-state index in [4.69, 9.17) is 14.3 Å². The van der Waals surface area contributed by atoms with Crippen LogP contribution >= 0.6 is 0 Å². The number of guanidine groups is 1. The number of aliphatic imine (C=N–C) groups is 1. The minimum atomic E-state index is 0.377. The summed E-state index contributed by atoms with van der Waals surface area (Å²) >= 11 is 0. The van der Waals surface area contributed by atoms with E-state index in [1.165, 1.54) is 19.3 Å². The first-order chi connectivity index (χ1) is 11.6. The van der Waals surface area contributed by atoms with Gasteiger partial charge in [0.2, 0.25) is 0 Å². The van der Waals surface area contributed by atoms with Gasteiger partial charge < -0.3 is 19.5 Å². The van der Waals surface area contributed by atoms with Gasteiger partial charge in [0.15, 0.2) is 11.7 Å². The van der Waals surface area contributed by atoms with E-state index < -0.39 is 0 Å². The highest BCUT2D eigenvalue weighted by Gasteiger charge is 2.15. The quantitative estimate of drug-likeness (QED) is 0.612. The van der Waals surface area contributed by atoms with Gasteiger partial charge in [0.05, 0.1) is 5.69 Å². The summed E-state index contributed by atoms with van der Waals surface area (Å²) in [5, 5.41) is 7.45. The molecule has 0 atom stereocenters. The molecule has 1 aromatic heterocycles. The standard InChI is InChI=1S/C18H32N4O2/c1-5-19-18(20-13-16-12-17(14(2)3)21-24-16)22(4)9-6-15-7-10-23-11-8-15/h12,14-15H,5-11,13H2,1-4H3,(H,19,20). The first-order valence-electron chi connectivity index (χ1n) is 9.12. The monoisotopic (exact) mass is 336 g/mol. The van der Waals surface area contributed by atoms with Crippen molar-refractivity contribution in [3.8, 4) is 0 Å². The maximum absolute atomic E-state index is 5.43. The minimum Gasteiger partial charge on any atom is -0.381 e. The van der Waals surface area contributed by atoms with E-state index >= 15 is 0 Å². The van der Waals surface area contributed by atoms with Gasteiger partial charge in [0, 0.05) is 39.4 Å². The molecule has 0 bridgehead atoms. The lowest BCUT2D eigenvalue weighted by Gasteiger charge is -2.26. The smallest absolute Gasteiger partial charge is 0.194 e. The maximum atomic E-state index is 5.43. The maximum Gasteiger partial charge on any atom is 0.194 e. The highest BCUT2D eigenvalue weighted by atomic mass is 16.5. The Morgan fingerprint density at radius 2 is 2.17 bits per heavy atom. The third-order valence-corrected chi connectivity index (χ3v) is 4.46. The zero-order valence-corrected chi connectivity index (χ0v) is 15.5. The van der Waals surface area contributed by atoms with Crippen LogP contribution in [0.4, 0.5) is 0 Å². The summed E-state index contributed by atoms with van der Waals surface area (Å²) in [6, 6.07) is 2.00. The highest BCUT2D eigenvalue weighted by Crippen LogP contribution is 2.18. The molecular weight excluding hydrogens is 304 g/mol. The molecule has 0 aromatic carbocycles. The highest BCUT2D eigenvalue weighted by molar-refractivity contribution is 5.79. The van der Waals surface area contributed by atoms with Crippen LogP contribution in [0.25, 0.3) is 0 Å². The van der Waals surface area contributed by atoms with E-state index in [1.807, 2.05) is 6.07 Å². The first-order valence-corrected chi connectivity index (χ1v) is 9.12. The Hall–Kier alpha value is -1.56. The summed E-state index contributed by atoms with van der Waals surface area (Å²) in [5.74, 6) is 2.88. The first kappa shape index (κ1) is 18.8. The van der Waals surface area contributed by atoms with Gasteiger partial charge in [0.25, 0.3) is 0 Å². The van der Waals surface area contributed by atoms with E-state index in [1.54, 1.807) is 0 Å². The van der Waals surface area contributed by atoms with Crippen molar-refractivity contribution in [1.29, 1.82) is 0 Å². The zero-order chi connectivity index (χ0) is 17.4. The van der Waals surface area contributed by atoms with Gasteiger partial charge >= 0.3 is 0 Å². The zero-order valence-electron chi connectivity index (χ0n) is 15.5. The van der Waals surface area contributed by atoms with Gasteiger partial charge in [-0.25, -0.2) is 4.99 Å². The number of nitrogens with zero attached hydrogens (tertiary/aromatic N) is 3. The van der Waals surface area contributed by atoms with Gasteiger partial charge in [0.1, 0.15) is 6.54 Å². The van der Waals surface area contributed by atoms with E-state index in [9.17, 15) is 0 Å². The molecule has 1 fully saturated rings. The van der Waals surface area contributed by atoms with Crippen LogP contribution in [0, 0.1) is 5.92 Å². The van der Waals surface area contributed by atoms with E-state index in [2.05, 4.69) is 43.2 Å². The second-order valence-corrected chi connectivity index (χ2v) is 6.81. The van der Waals surface area contributed by atoms with Crippen LogP contribution in [-0.4, -0.2) is 49.4 Å². The van der Waals surface area contributed by atoms with Crippen LogP contribution in [0.15, 0.2) is 15.6 Å². The Labute approximate surface area is 145 Å².